The van der Waals surface area contributed by atoms with Crippen molar-refractivity contribution in [1.82, 2.24) is 4.98 Å². The van der Waals surface area contributed by atoms with E-state index in [2.05, 4.69) is 29.8 Å². The van der Waals surface area contributed by atoms with E-state index in [1.165, 1.54) is 11.6 Å². The molecule has 1 aromatic heterocycles. The summed E-state index contributed by atoms with van der Waals surface area (Å²) in [6, 6.07) is 13.5. The fraction of sp³-hybridized carbons (Fsp3) is 0.240. The van der Waals surface area contributed by atoms with Gasteiger partial charge in [0.25, 0.3) is 0 Å². The number of unbranched alkanes of at least 4 members (excludes halogenated alkanes) is 1. The minimum absolute atomic E-state index is 0.257. The SMILES string of the molecule is C=CCc1ccc2cc(-c3ccc(C=CCCCC(C)O)c(F)c3)ncc2c1. The maximum absolute atomic E-state index is 14.5. The highest BCUT2D eigenvalue weighted by atomic mass is 19.1. The third-order valence-electron chi connectivity index (χ3n) is 4.75. The molecular weight excluding hydrogens is 349 g/mol. The molecule has 28 heavy (non-hydrogen) atoms. The van der Waals surface area contributed by atoms with Gasteiger partial charge in [-0.15, -0.1) is 6.58 Å². The molecule has 0 fully saturated rings. The van der Waals surface area contributed by atoms with Crippen molar-refractivity contribution in [2.45, 2.75) is 38.7 Å². The average molecular weight is 375 g/mol. The Bertz CT molecular complexity index is 991. The second-order valence-corrected chi connectivity index (χ2v) is 7.16. The van der Waals surface area contributed by atoms with E-state index in [4.69, 9.17) is 0 Å². The zero-order valence-electron chi connectivity index (χ0n) is 16.2. The molecule has 0 amide bonds. The molecule has 2 aromatic carbocycles. The third-order valence-corrected chi connectivity index (χ3v) is 4.75. The van der Waals surface area contributed by atoms with Crippen LogP contribution in [0.4, 0.5) is 4.39 Å². The second kappa shape index (κ2) is 9.43. The summed E-state index contributed by atoms with van der Waals surface area (Å²) in [5.41, 5.74) is 3.29. The highest BCUT2D eigenvalue weighted by molar-refractivity contribution is 5.86. The lowest BCUT2D eigenvalue weighted by Gasteiger charge is -2.06. The largest absolute Gasteiger partial charge is 0.393 e. The molecule has 1 N–H and O–H groups in total. The molecule has 0 bridgehead atoms. The Morgan fingerprint density at radius 3 is 2.75 bits per heavy atom. The monoisotopic (exact) mass is 375 g/mol. The Hall–Kier alpha value is -2.78. The van der Waals surface area contributed by atoms with Crippen LogP contribution < -0.4 is 0 Å². The van der Waals surface area contributed by atoms with E-state index in [9.17, 15) is 9.50 Å². The zero-order valence-corrected chi connectivity index (χ0v) is 16.2. The highest BCUT2D eigenvalue weighted by Gasteiger charge is 2.06. The van der Waals surface area contributed by atoms with E-state index in [0.717, 1.165) is 47.7 Å². The smallest absolute Gasteiger partial charge is 0.131 e. The first-order valence-electron chi connectivity index (χ1n) is 9.71. The fourth-order valence-corrected chi connectivity index (χ4v) is 3.21. The van der Waals surface area contributed by atoms with Gasteiger partial charge < -0.3 is 5.11 Å². The second-order valence-electron chi connectivity index (χ2n) is 7.16. The van der Waals surface area contributed by atoms with Crippen LogP contribution in [-0.4, -0.2) is 16.2 Å². The first-order valence-corrected chi connectivity index (χ1v) is 9.71. The van der Waals surface area contributed by atoms with Crippen LogP contribution in [0.25, 0.3) is 28.1 Å². The summed E-state index contributed by atoms with van der Waals surface area (Å²) in [4.78, 5) is 4.52. The van der Waals surface area contributed by atoms with Gasteiger partial charge >= 0.3 is 0 Å². The van der Waals surface area contributed by atoms with Crippen molar-refractivity contribution >= 4 is 16.8 Å². The van der Waals surface area contributed by atoms with Gasteiger partial charge in [0, 0.05) is 22.7 Å². The highest BCUT2D eigenvalue weighted by Crippen LogP contribution is 2.25. The molecule has 3 aromatic rings. The van der Waals surface area contributed by atoms with Gasteiger partial charge in [-0.25, -0.2) is 4.39 Å². The molecule has 144 valence electrons. The number of hydrogen-bond acceptors (Lipinski definition) is 2. The van der Waals surface area contributed by atoms with Gasteiger partial charge in [-0.2, -0.15) is 0 Å². The number of aromatic nitrogens is 1. The lowest BCUT2D eigenvalue weighted by molar-refractivity contribution is 0.182. The van der Waals surface area contributed by atoms with Crippen molar-refractivity contribution in [3.63, 3.8) is 0 Å². The minimum atomic E-state index is -0.285. The van der Waals surface area contributed by atoms with Crippen LogP contribution in [0.2, 0.25) is 0 Å². The summed E-state index contributed by atoms with van der Waals surface area (Å²) in [6.07, 6.45) is 10.5. The molecule has 1 unspecified atom stereocenters. The van der Waals surface area contributed by atoms with Crippen LogP contribution >= 0.6 is 0 Å². The standard InChI is InChI=1S/C25H26FNO/c1-3-7-19-10-11-21-16-25(27-17-23(21)14-19)22-13-12-20(24(26)15-22)9-6-4-5-8-18(2)28/h3,6,9-18,28H,1,4-5,7-8H2,2H3. The van der Waals surface area contributed by atoms with Crippen LogP contribution in [0, 0.1) is 5.82 Å². The Morgan fingerprint density at radius 1 is 1.14 bits per heavy atom. The quantitative estimate of drug-likeness (QED) is 0.368. The van der Waals surface area contributed by atoms with Gasteiger partial charge in [0.05, 0.1) is 11.8 Å². The lowest BCUT2D eigenvalue weighted by Crippen LogP contribution is -1.97. The van der Waals surface area contributed by atoms with Gasteiger partial charge in [0.1, 0.15) is 5.82 Å². The van der Waals surface area contributed by atoms with Gasteiger partial charge in [-0.05, 0) is 61.8 Å². The van der Waals surface area contributed by atoms with Gasteiger partial charge in [-0.3, -0.25) is 4.98 Å². The van der Waals surface area contributed by atoms with Crippen molar-refractivity contribution < 1.29 is 9.50 Å². The molecule has 1 heterocycles. The van der Waals surface area contributed by atoms with Crippen LogP contribution in [0.5, 0.6) is 0 Å². The number of hydrogen-bond donors (Lipinski definition) is 1. The lowest BCUT2D eigenvalue weighted by atomic mass is 10.0. The molecule has 2 nitrogen and oxygen atoms in total. The number of allylic oxidation sites excluding steroid dienone is 2. The number of aliphatic hydroxyl groups is 1. The molecular formula is C25H26FNO. The molecule has 0 aliphatic carbocycles. The summed E-state index contributed by atoms with van der Waals surface area (Å²) in [5, 5.41) is 11.4. The maximum atomic E-state index is 14.5. The summed E-state index contributed by atoms with van der Waals surface area (Å²) >= 11 is 0. The van der Waals surface area contributed by atoms with E-state index in [1.54, 1.807) is 19.1 Å². The van der Waals surface area contributed by atoms with Crippen LogP contribution in [0.1, 0.15) is 37.3 Å². The Morgan fingerprint density at radius 2 is 2.00 bits per heavy atom. The van der Waals surface area contributed by atoms with E-state index in [0.29, 0.717) is 5.56 Å². The number of nitrogens with zero attached hydrogens (tertiary/aromatic N) is 1. The Kier molecular flexibility index (Phi) is 6.72. The van der Waals surface area contributed by atoms with Crippen LogP contribution in [-0.2, 0) is 6.42 Å². The van der Waals surface area contributed by atoms with Crippen molar-refractivity contribution in [3.05, 3.63) is 84.3 Å². The van der Waals surface area contributed by atoms with E-state index >= 15 is 0 Å². The van der Waals surface area contributed by atoms with E-state index in [-0.39, 0.29) is 11.9 Å². The number of fused-ring (bicyclic) bond motifs is 1. The van der Waals surface area contributed by atoms with Gasteiger partial charge in [0.2, 0.25) is 0 Å². The first kappa shape index (κ1) is 20.0. The Labute approximate surface area is 166 Å². The number of halogens is 1. The van der Waals surface area contributed by atoms with E-state index in [1.807, 2.05) is 30.5 Å². The van der Waals surface area contributed by atoms with Crippen molar-refractivity contribution in [1.29, 1.82) is 0 Å². The van der Waals surface area contributed by atoms with Crippen molar-refractivity contribution in [2.24, 2.45) is 0 Å². The fourth-order valence-electron chi connectivity index (χ4n) is 3.21. The zero-order chi connectivity index (χ0) is 19.9. The first-order chi connectivity index (χ1) is 13.6. The molecule has 0 spiro atoms. The molecule has 3 rings (SSSR count). The summed E-state index contributed by atoms with van der Waals surface area (Å²) in [6.45, 7) is 5.55. The van der Waals surface area contributed by atoms with Crippen LogP contribution in [0.3, 0.4) is 0 Å². The number of pyridine rings is 1. The molecule has 0 aliphatic rings. The molecule has 0 saturated carbocycles. The number of aliphatic hydroxyl groups excluding tert-OH is 1. The van der Waals surface area contributed by atoms with Gasteiger partial charge in [0.15, 0.2) is 0 Å². The molecule has 0 radical (unpaired) electrons. The summed E-state index contributed by atoms with van der Waals surface area (Å²) in [5.74, 6) is -0.257. The third kappa shape index (κ3) is 5.14. The number of rotatable bonds is 8. The van der Waals surface area contributed by atoms with Crippen LogP contribution in [0.15, 0.2) is 67.4 Å². The molecule has 0 saturated heterocycles. The molecule has 1 atom stereocenters. The topological polar surface area (TPSA) is 33.1 Å². The van der Waals surface area contributed by atoms with Crippen molar-refractivity contribution in [2.75, 3.05) is 0 Å². The van der Waals surface area contributed by atoms with Gasteiger partial charge in [-0.1, -0.05) is 42.5 Å². The number of benzene rings is 2. The van der Waals surface area contributed by atoms with E-state index < -0.39 is 0 Å². The normalized spacial score (nSPS) is 12.5. The summed E-state index contributed by atoms with van der Waals surface area (Å²) in [7, 11) is 0. The molecule has 0 aliphatic heterocycles. The molecule has 3 heteroatoms. The minimum Gasteiger partial charge on any atom is -0.393 e. The average Bonchev–Trinajstić information content (AvgIpc) is 2.68. The summed E-state index contributed by atoms with van der Waals surface area (Å²) < 4.78 is 14.5. The predicted octanol–water partition coefficient (Wildman–Crippen LogP) is 6.33. The van der Waals surface area contributed by atoms with Crippen molar-refractivity contribution in [3.8, 4) is 11.3 Å². The maximum Gasteiger partial charge on any atom is 0.131 e. The predicted molar refractivity (Wildman–Crippen MR) is 116 cm³/mol. The Balaban J connectivity index is 1.76.